The normalized spacial score (nSPS) is 19.8. The fourth-order valence-corrected chi connectivity index (χ4v) is 5.98. The van der Waals surface area contributed by atoms with Gasteiger partial charge in [-0.3, -0.25) is 4.98 Å². The third-order valence-corrected chi connectivity index (χ3v) is 8.09. The highest BCUT2D eigenvalue weighted by atomic mass is 32.1. The molecular weight excluding hydrogens is 500 g/mol. The predicted octanol–water partition coefficient (Wildman–Crippen LogP) is 7.68. The molecule has 0 unspecified atom stereocenters. The van der Waals surface area contributed by atoms with Crippen LogP contribution in [0.15, 0.2) is 103 Å². The molecule has 5 nitrogen and oxygen atoms in total. The number of likely N-dealkylation sites (N-methyl/N-ethyl adjacent to an activating group) is 1. The summed E-state index contributed by atoms with van der Waals surface area (Å²) in [5.74, 6) is 1.59. The average Bonchev–Trinajstić information content (AvgIpc) is 3.30. The summed E-state index contributed by atoms with van der Waals surface area (Å²) in [5.41, 5.74) is 6.87. The van der Waals surface area contributed by atoms with Crippen molar-refractivity contribution in [3.05, 3.63) is 120 Å². The van der Waals surface area contributed by atoms with Gasteiger partial charge in [0.05, 0.1) is 23.3 Å². The van der Waals surface area contributed by atoms with Gasteiger partial charge in [-0.25, -0.2) is 0 Å². The minimum atomic E-state index is -0.0981. The fraction of sp³-hybridized carbons (Fsp3) is 0.212. The first kappa shape index (κ1) is 25.1. The number of allylic oxidation sites excluding steroid dienone is 1. The van der Waals surface area contributed by atoms with Gasteiger partial charge in [0.15, 0.2) is 5.11 Å². The van der Waals surface area contributed by atoms with E-state index in [-0.39, 0.29) is 17.6 Å². The van der Waals surface area contributed by atoms with Crippen LogP contribution in [0.3, 0.4) is 0 Å². The number of thiocarbonyl (C=S) groups is 1. The molecule has 0 amide bonds. The van der Waals surface area contributed by atoms with Crippen LogP contribution in [0.1, 0.15) is 49.7 Å². The molecule has 2 aliphatic heterocycles. The Balaban J connectivity index is 1.40. The molecule has 4 aromatic rings. The predicted molar refractivity (Wildman–Crippen MR) is 163 cm³/mol. The van der Waals surface area contributed by atoms with Crippen LogP contribution >= 0.6 is 12.2 Å². The number of nitrogens with zero attached hydrogens (tertiary/aromatic N) is 3. The zero-order valence-electron chi connectivity index (χ0n) is 22.6. The second-order valence-corrected chi connectivity index (χ2v) is 11.1. The molecule has 3 heterocycles. The third kappa shape index (κ3) is 4.66. The van der Waals surface area contributed by atoms with E-state index in [0.717, 1.165) is 22.9 Å². The summed E-state index contributed by atoms with van der Waals surface area (Å²) < 4.78 is 6.04. The number of ether oxygens (including phenoxy) is 1. The molecule has 1 saturated heterocycles. The molecule has 3 aromatic carbocycles. The number of para-hydroxylation sites is 1. The van der Waals surface area contributed by atoms with E-state index in [1.807, 2.05) is 60.8 Å². The smallest absolute Gasteiger partial charge is 0.174 e. The number of benzene rings is 3. The van der Waals surface area contributed by atoms with Crippen molar-refractivity contribution in [2.24, 2.45) is 0 Å². The number of hydrogen-bond donors (Lipinski definition) is 1. The highest BCUT2D eigenvalue weighted by Gasteiger charge is 2.41. The lowest BCUT2D eigenvalue weighted by Gasteiger charge is -2.41. The van der Waals surface area contributed by atoms with Crippen LogP contribution in [0, 0.1) is 0 Å². The number of fused-ring (bicyclic) bond motifs is 1. The Labute approximate surface area is 235 Å². The first-order chi connectivity index (χ1) is 18.8. The van der Waals surface area contributed by atoms with Crippen LogP contribution in [-0.4, -0.2) is 22.7 Å². The van der Waals surface area contributed by atoms with Crippen molar-refractivity contribution in [2.75, 3.05) is 16.8 Å². The lowest BCUT2D eigenvalue weighted by molar-refractivity contribution is 0.482. The first-order valence-electron chi connectivity index (χ1n) is 13.2. The van der Waals surface area contributed by atoms with E-state index in [1.54, 1.807) is 0 Å². The second kappa shape index (κ2) is 9.86. The highest BCUT2D eigenvalue weighted by molar-refractivity contribution is 7.80. The van der Waals surface area contributed by atoms with E-state index in [2.05, 4.69) is 85.4 Å². The minimum absolute atomic E-state index is 0.0405. The maximum Gasteiger partial charge on any atom is 0.174 e. The zero-order valence-corrected chi connectivity index (χ0v) is 23.4. The Bertz CT molecular complexity index is 1530. The quantitative estimate of drug-likeness (QED) is 0.266. The molecule has 0 spiro atoms. The van der Waals surface area contributed by atoms with Gasteiger partial charge >= 0.3 is 0 Å². The summed E-state index contributed by atoms with van der Waals surface area (Å²) in [6.45, 7) is 6.70. The third-order valence-electron chi connectivity index (χ3n) is 7.77. The standard InChI is InChI=1S/C33H32N4OS/c1-22-21-33(2,3)36(4)29-18-13-23(20-27(22)29)31-30(28-12-8-9-19-34-28)35-32(39)37(31)24-14-16-26(17-15-24)38-25-10-6-5-7-11-25/h5-21,30-31H,1-4H3,(H,35,39)/t30-,31+/m1/s1. The Morgan fingerprint density at radius 1 is 0.897 bits per heavy atom. The number of nitrogens with one attached hydrogen (secondary N) is 1. The van der Waals surface area contributed by atoms with Crippen molar-refractivity contribution in [2.45, 2.75) is 38.4 Å². The van der Waals surface area contributed by atoms with Crippen molar-refractivity contribution in [3.63, 3.8) is 0 Å². The second-order valence-electron chi connectivity index (χ2n) is 10.7. The monoisotopic (exact) mass is 532 g/mol. The lowest BCUT2D eigenvalue weighted by Crippen LogP contribution is -2.42. The summed E-state index contributed by atoms with van der Waals surface area (Å²) in [4.78, 5) is 9.26. The van der Waals surface area contributed by atoms with E-state index in [4.69, 9.17) is 21.9 Å². The van der Waals surface area contributed by atoms with Crippen LogP contribution in [0.5, 0.6) is 11.5 Å². The molecule has 0 radical (unpaired) electrons. The fourth-order valence-electron chi connectivity index (χ4n) is 5.63. The van der Waals surface area contributed by atoms with Crippen LogP contribution in [0.2, 0.25) is 0 Å². The molecule has 2 aliphatic rings. The van der Waals surface area contributed by atoms with Gasteiger partial charge in [0.2, 0.25) is 0 Å². The van der Waals surface area contributed by atoms with Crippen molar-refractivity contribution in [3.8, 4) is 11.5 Å². The molecule has 6 rings (SSSR count). The van der Waals surface area contributed by atoms with Crippen molar-refractivity contribution >= 4 is 34.3 Å². The Morgan fingerprint density at radius 3 is 2.33 bits per heavy atom. The Morgan fingerprint density at radius 2 is 1.62 bits per heavy atom. The Hall–Kier alpha value is -4.16. The molecule has 39 heavy (non-hydrogen) atoms. The molecule has 1 N–H and O–H groups in total. The summed E-state index contributed by atoms with van der Waals surface area (Å²) in [6, 6.07) is 30.6. The maximum atomic E-state index is 6.04. The highest BCUT2D eigenvalue weighted by Crippen LogP contribution is 2.45. The number of anilines is 2. The van der Waals surface area contributed by atoms with E-state index >= 15 is 0 Å². The van der Waals surface area contributed by atoms with E-state index in [0.29, 0.717) is 5.11 Å². The summed E-state index contributed by atoms with van der Waals surface area (Å²) in [6.07, 6.45) is 4.18. The van der Waals surface area contributed by atoms with Gasteiger partial charge in [-0.05, 0) is 105 Å². The molecular formula is C33H32N4OS. The summed E-state index contributed by atoms with van der Waals surface area (Å²) in [7, 11) is 2.16. The number of rotatable bonds is 5. The van der Waals surface area contributed by atoms with Gasteiger partial charge in [-0.1, -0.05) is 36.4 Å². The van der Waals surface area contributed by atoms with E-state index in [9.17, 15) is 0 Å². The van der Waals surface area contributed by atoms with Crippen LogP contribution < -0.4 is 19.9 Å². The topological polar surface area (TPSA) is 40.6 Å². The van der Waals surface area contributed by atoms with Gasteiger partial charge in [-0.2, -0.15) is 0 Å². The summed E-state index contributed by atoms with van der Waals surface area (Å²) >= 11 is 5.94. The van der Waals surface area contributed by atoms with E-state index in [1.165, 1.54) is 22.4 Å². The zero-order chi connectivity index (χ0) is 27.1. The molecule has 0 saturated carbocycles. The number of hydrogen-bond acceptors (Lipinski definition) is 4. The van der Waals surface area contributed by atoms with Crippen molar-refractivity contribution in [1.82, 2.24) is 10.3 Å². The van der Waals surface area contributed by atoms with Crippen molar-refractivity contribution in [1.29, 1.82) is 0 Å². The van der Waals surface area contributed by atoms with Gasteiger partial charge in [-0.15, -0.1) is 0 Å². The molecule has 0 bridgehead atoms. The SMILES string of the molecule is CC1=CC(C)(C)N(C)c2ccc([C@H]3[C@@H](c4ccccn4)NC(=S)N3c3ccc(Oc4ccccc4)cc3)cc21. The molecule has 196 valence electrons. The van der Waals surface area contributed by atoms with Crippen molar-refractivity contribution < 1.29 is 4.74 Å². The minimum Gasteiger partial charge on any atom is -0.457 e. The van der Waals surface area contributed by atoms with E-state index < -0.39 is 0 Å². The molecule has 1 fully saturated rings. The average molecular weight is 533 g/mol. The number of aromatic nitrogens is 1. The molecule has 0 aliphatic carbocycles. The van der Waals surface area contributed by atoms with Gasteiger partial charge in [0.25, 0.3) is 0 Å². The van der Waals surface area contributed by atoms with Gasteiger partial charge < -0.3 is 19.9 Å². The molecule has 6 heteroatoms. The first-order valence-corrected chi connectivity index (χ1v) is 13.6. The molecule has 1 aromatic heterocycles. The van der Waals surface area contributed by atoms with Crippen LogP contribution in [-0.2, 0) is 0 Å². The maximum absolute atomic E-state index is 6.04. The largest absolute Gasteiger partial charge is 0.457 e. The van der Waals surface area contributed by atoms with Crippen LogP contribution in [0.4, 0.5) is 11.4 Å². The molecule has 2 atom stereocenters. The van der Waals surface area contributed by atoms with Gasteiger partial charge in [0.1, 0.15) is 11.5 Å². The summed E-state index contributed by atoms with van der Waals surface area (Å²) in [5, 5.41) is 4.25. The van der Waals surface area contributed by atoms with Gasteiger partial charge in [0, 0.05) is 30.2 Å². The Kier molecular flexibility index (Phi) is 6.35. The van der Waals surface area contributed by atoms with Crippen LogP contribution in [0.25, 0.3) is 5.57 Å². The number of pyridine rings is 1. The lowest BCUT2D eigenvalue weighted by atomic mass is 9.86.